The number of aliphatic hydroxyl groups excluding tert-OH is 1. The number of likely N-dealkylation sites (N-methyl/N-ethyl adjacent to an activating group) is 1. The molecule has 0 aliphatic rings. The Bertz CT molecular complexity index is 1080. The first kappa shape index (κ1) is 62.0. The highest BCUT2D eigenvalue weighted by Gasteiger charge is 2.24. The molecule has 3 unspecified atom stereocenters. The number of hydrogen-bond acceptors (Lipinski definition) is 6. The number of unbranched alkanes of at least 4 members (excludes halogenated alkanes) is 33. The first-order valence-electron chi connectivity index (χ1n) is 27.2. The van der Waals surface area contributed by atoms with Crippen molar-refractivity contribution >= 4 is 13.7 Å². The smallest absolute Gasteiger partial charge is 0.268 e. The summed E-state index contributed by atoms with van der Waals surface area (Å²) in [4.78, 5) is 25.5. The van der Waals surface area contributed by atoms with Crippen LogP contribution in [0.25, 0.3) is 0 Å². The molecule has 3 atom stereocenters. The minimum absolute atomic E-state index is 0.0135. The summed E-state index contributed by atoms with van der Waals surface area (Å²) in [6.07, 6.45) is 56.2. The van der Waals surface area contributed by atoms with E-state index < -0.39 is 20.0 Å². The summed E-state index contributed by atoms with van der Waals surface area (Å²) < 4.78 is 23.4. The van der Waals surface area contributed by atoms with Crippen molar-refractivity contribution in [3.8, 4) is 0 Å². The molecule has 0 bridgehead atoms. The van der Waals surface area contributed by atoms with Crippen molar-refractivity contribution in [1.82, 2.24) is 5.32 Å². The number of phosphoric acid groups is 1. The van der Waals surface area contributed by atoms with Crippen LogP contribution in [-0.2, 0) is 18.4 Å². The molecule has 0 radical (unpaired) electrons. The molecule has 0 saturated carbocycles. The summed E-state index contributed by atoms with van der Waals surface area (Å²) >= 11 is 0. The van der Waals surface area contributed by atoms with E-state index >= 15 is 0 Å². The average molecular weight is 911 g/mol. The molecule has 0 spiro atoms. The van der Waals surface area contributed by atoms with Gasteiger partial charge in [0.2, 0.25) is 5.91 Å². The zero-order chi connectivity index (χ0) is 46.4. The Morgan fingerprint density at radius 3 is 1.32 bits per heavy atom. The molecular weight excluding hydrogens is 804 g/mol. The van der Waals surface area contributed by atoms with Crippen LogP contribution < -0.4 is 10.2 Å². The third-order valence-corrected chi connectivity index (χ3v) is 13.4. The number of nitrogens with zero attached hydrogens (tertiary/aromatic N) is 1. The number of hydrogen-bond donors (Lipinski definition) is 2. The van der Waals surface area contributed by atoms with Gasteiger partial charge in [-0.25, -0.2) is 0 Å². The second-order valence-corrected chi connectivity index (χ2v) is 21.4. The molecule has 8 nitrogen and oxygen atoms in total. The summed E-state index contributed by atoms with van der Waals surface area (Å²) in [5, 5.41) is 14.0. The fourth-order valence-corrected chi connectivity index (χ4v) is 8.85. The van der Waals surface area contributed by atoms with Gasteiger partial charge in [-0.1, -0.05) is 237 Å². The van der Waals surface area contributed by atoms with E-state index in [1.807, 2.05) is 21.1 Å². The molecule has 9 heteroatoms. The summed E-state index contributed by atoms with van der Waals surface area (Å²) in [6, 6.07) is -0.799. The van der Waals surface area contributed by atoms with Gasteiger partial charge in [0.15, 0.2) is 0 Å². The van der Waals surface area contributed by atoms with Gasteiger partial charge in [0.25, 0.3) is 7.82 Å². The van der Waals surface area contributed by atoms with E-state index in [0.717, 1.165) is 44.9 Å². The Kier molecular flexibility index (Phi) is 45.4. The number of nitrogens with one attached hydrogen (secondary N) is 1. The summed E-state index contributed by atoms with van der Waals surface area (Å²) in [5.41, 5.74) is 0. The Morgan fingerprint density at radius 2 is 0.921 bits per heavy atom. The molecule has 374 valence electrons. The first-order valence-corrected chi connectivity index (χ1v) is 28.6. The molecule has 2 N–H and O–H groups in total. The molecule has 0 fully saturated rings. The summed E-state index contributed by atoms with van der Waals surface area (Å²) in [5.74, 6) is -0.163. The van der Waals surface area contributed by atoms with Gasteiger partial charge in [-0.3, -0.25) is 9.36 Å². The van der Waals surface area contributed by atoms with Crippen molar-refractivity contribution in [3.63, 3.8) is 0 Å². The molecule has 0 heterocycles. The van der Waals surface area contributed by atoms with Crippen molar-refractivity contribution in [2.24, 2.45) is 0 Å². The van der Waals surface area contributed by atoms with E-state index in [2.05, 4.69) is 43.5 Å². The SMILES string of the molecule is CCCCCCC/C=C\C/C=C\CCCCCCCCCCCCCCCC(=O)NC(COP(=O)([O-])OCC[N+](C)(C)C)C(O)CCCCCCCCCCCCCCCCCC. The third kappa shape index (κ3) is 48.7. The van der Waals surface area contributed by atoms with Gasteiger partial charge in [0, 0.05) is 6.42 Å². The van der Waals surface area contributed by atoms with Crippen LogP contribution in [0, 0.1) is 0 Å². The highest BCUT2D eigenvalue weighted by molar-refractivity contribution is 7.45. The van der Waals surface area contributed by atoms with Gasteiger partial charge in [-0.2, -0.15) is 0 Å². The number of phosphoric ester groups is 1. The number of allylic oxidation sites excluding steroid dienone is 4. The van der Waals surface area contributed by atoms with Crippen LogP contribution in [0.4, 0.5) is 0 Å². The molecular formula is C54H107N2O6P. The maximum Gasteiger partial charge on any atom is 0.268 e. The summed E-state index contributed by atoms with van der Waals surface area (Å²) in [6.45, 7) is 4.74. The van der Waals surface area contributed by atoms with Gasteiger partial charge < -0.3 is 28.8 Å². The highest BCUT2D eigenvalue weighted by atomic mass is 31.2. The molecule has 0 rings (SSSR count). The zero-order valence-electron chi connectivity index (χ0n) is 42.5. The predicted octanol–water partition coefficient (Wildman–Crippen LogP) is 15.4. The van der Waals surface area contributed by atoms with Crippen LogP contribution in [0.5, 0.6) is 0 Å². The first-order chi connectivity index (χ1) is 30.5. The van der Waals surface area contributed by atoms with Crippen molar-refractivity contribution in [2.45, 2.75) is 276 Å². The van der Waals surface area contributed by atoms with Gasteiger partial charge in [-0.05, 0) is 44.9 Å². The van der Waals surface area contributed by atoms with Crippen molar-refractivity contribution in [1.29, 1.82) is 0 Å². The minimum Gasteiger partial charge on any atom is -0.756 e. The maximum atomic E-state index is 13.0. The maximum absolute atomic E-state index is 13.0. The zero-order valence-corrected chi connectivity index (χ0v) is 43.4. The van der Waals surface area contributed by atoms with Crippen LogP contribution in [0.2, 0.25) is 0 Å². The van der Waals surface area contributed by atoms with Crippen LogP contribution >= 0.6 is 7.82 Å². The van der Waals surface area contributed by atoms with Gasteiger partial charge in [0.1, 0.15) is 13.2 Å². The lowest BCUT2D eigenvalue weighted by Crippen LogP contribution is -2.46. The fourth-order valence-electron chi connectivity index (χ4n) is 8.13. The molecule has 0 aliphatic heterocycles. The second-order valence-electron chi connectivity index (χ2n) is 19.9. The molecule has 0 aromatic rings. The van der Waals surface area contributed by atoms with Gasteiger partial charge >= 0.3 is 0 Å². The van der Waals surface area contributed by atoms with Crippen LogP contribution in [-0.4, -0.2) is 68.5 Å². The monoisotopic (exact) mass is 911 g/mol. The van der Waals surface area contributed by atoms with E-state index in [9.17, 15) is 19.4 Å². The lowest BCUT2D eigenvalue weighted by Gasteiger charge is -2.30. The third-order valence-electron chi connectivity index (χ3n) is 12.4. The molecule has 0 aromatic heterocycles. The van der Waals surface area contributed by atoms with Crippen molar-refractivity contribution in [3.05, 3.63) is 24.3 Å². The van der Waals surface area contributed by atoms with E-state index in [1.165, 1.54) is 193 Å². The number of rotatable bonds is 50. The largest absolute Gasteiger partial charge is 0.756 e. The number of aliphatic hydroxyl groups is 1. The number of carbonyl (C=O) groups is 1. The normalized spacial score (nSPS) is 14.2. The van der Waals surface area contributed by atoms with Gasteiger partial charge in [0.05, 0.1) is 39.9 Å². The van der Waals surface area contributed by atoms with Crippen LogP contribution in [0.15, 0.2) is 24.3 Å². The molecule has 1 amide bonds. The Hall–Kier alpha value is -1.02. The highest BCUT2D eigenvalue weighted by Crippen LogP contribution is 2.38. The van der Waals surface area contributed by atoms with Crippen LogP contribution in [0.3, 0.4) is 0 Å². The molecule has 0 aliphatic carbocycles. The second kappa shape index (κ2) is 46.1. The molecule has 63 heavy (non-hydrogen) atoms. The molecule has 0 saturated heterocycles. The number of quaternary nitrogens is 1. The minimum atomic E-state index is -4.57. The Labute approximate surface area is 392 Å². The average Bonchev–Trinajstić information content (AvgIpc) is 3.24. The fraction of sp³-hybridized carbons (Fsp3) is 0.907. The summed E-state index contributed by atoms with van der Waals surface area (Å²) in [7, 11) is 1.31. The predicted molar refractivity (Wildman–Crippen MR) is 270 cm³/mol. The Morgan fingerprint density at radius 1 is 0.556 bits per heavy atom. The van der Waals surface area contributed by atoms with Crippen molar-refractivity contribution in [2.75, 3.05) is 40.9 Å². The van der Waals surface area contributed by atoms with E-state index in [1.54, 1.807) is 0 Å². The lowest BCUT2D eigenvalue weighted by atomic mass is 10.0. The topological polar surface area (TPSA) is 108 Å². The van der Waals surface area contributed by atoms with E-state index in [4.69, 9.17) is 9.05 Å². The van der Waals surface area contributed by atoms with E-state index in [0.29, 0.717) is 23.9 Å². The van der Waals surface area contributed by atoms with Crippen molar-refractivity contribution < 1.29 is 32.9 Å². The molecule has 0 aromatic carbocycles. The lowest BCUT2D eigenvalue weighted by molar-refractivity contribution is -0.870. The van der Waals surface area contributed by atoms with Crippen LogP contribution in [0.1, 0.15) is 264 Å². The quantitative estimate of drug-likeness (QED) is 0.0272. The van der Waals surface area contributed by atoms with E-state index in [-0.39, 0.29) is 19.1 Å². The number of carbonyl (C=O) groups excluding carboxylic acids is 1. The Balaban J connectivity index is 4.16. The van der Waals surface area contributed by atoms with Gasteiger partial charge in [-0.15, -0.1) is 0 Å². The number of amides is 1. The standard InChI is InChI=1S/C54H107N2O6P/c1-6-8-10-12-14-16-18-20-22-24-25-26-27-28-29-30-31-32-34-36-38-40-42-44-46-48-54(58)55-52(51-62-63(59,60)61-50-49-56(3,4)5)53(57)47-45-43-41-39-37-35-33-23-21-19-17-15-13-11-9-7-2/h18,20,24-25,52-53,57H,6-17,19,21-23,26-51H2,1-5H3,(H-,55,58,59,60)/b20-18-,25-24-.